The van der Waals surface area contributed by atoms with Crippen molar-refractivity contribution in [2.45, 2.75) is 89.6 Å². The standard InChI is InChI=1S/C26H42FN3O6SSi/c1-18(29-37(33,34)21-13-10-12-19-22(21)20(27)16-28-23(19)31)17-30(24(32)36-25(2,3)4)14-11-15-35-38(8,9)26(5,6)7/h10,12-13,16,18,29H,11,14-15,17H2,1-9H3,(H,28,31). The quantitative estimate of drug-likeness (QED) is 0.290. The third-order valence-electron chi connectivity index (χ3n) is 6.44. The molecule has 1 heterocycles. The molecule has 0 spiro atoms. The van der Waals surface area contributed by atoms with Crippen molar-refractivity contribution in [3.05, 3.63) is 30.2 Å². The molecule has 0 fully saturated rings. The number of aromatic hydroxyl groups is 1. The number of ether oxygens (including phenoxy) is 1. The normalized spacial score (nSPS) is 13.9. The van der Waals surface area contributed by atoms with Gasteiger partial charge in [0.05, 0.1) is 11.1 Å². The van der Waals surface area contributed by atoms with Crippen LogP contribution in [0.4, 0.5) is 9.18 Å². The number of hydrogen-bond donors (Lipinski definition) is 2. The highest BCUT2D eigenvalue weighted by Crippen LogP contribution is 2.36. The summed E-state index contributed by atoms with van der Waals surface area (Å²) in [7, 11) is -6.17. The SMILES string of the molecule is CC(CN(CCCO[Si](C)(C)C(C)(C)C)C(=O)OC(C)(C)C)NS(=O)(=O)c1cccc2c(O)ncc(F)c12. The minimum absolute atomic E-state index is 0.0161. The molecular weight excluding hydrogens is 529 g/mol. The van der Waals surface area contributed by atoms with E-state index in [2.05, 4.69) is 43.6 Å². The molecule has 0 radical (unpaired) electrons. The van der Waals surface area contributed by atoms with Gasteiger partial charge in [0.2, 0.25) is 15.9 Å². The fourth-order valence-corrected chi connectivity index (χ4v) is 6.07. The van der Waals surface area contributed by atoms with Crippen molar-refractivity contribution in [3.8, 4) is 5.88 Å². The largest absolute Gasteiger partial charge is 0.493 e. The molecule has 12 heteroatoms. The minimum Gasteiger partial charge on any atom is -0.493 e. The number of rotatable bonds is 10. The Balaban J connectivity index is 2.20. The summed E-state index contributed by atoms with van der Waals surface area (Å²) >= 11 is 0. The van der Waals surface area contributed by atoms with Crippen molar-refractivity contribution in [3.63, 3.8) is 0 Å². The third kappa shape index (κ3) is 8.36. The van der Waals surface area contributed by atoms with Gasteiger partial charge in [-0.25, -0.2) is 27.3 Å². The Hall–Kier alpha value is -2.28. The van der Waals surface area contributed by atoms with Gasteiger partial charge >= 0.3 is 6.09 Å². The Bertz CT molecular complexity index is 1240. The van der Waals surface area contributed by atoms with E-state index in [1.807, 2.05) is 0 Å². The summed E-state index contributed by atoms with van der Waals surface area (Å²) in [6, 6.07) is 3.31. The molecule has 2 N–H and O–H groups in total. The second-order valence-electron chi connectivity index (χ2n) is 12.0. The van der Waals surface area contributed by atoms with Crippen LogP contribution in [0.25, 0.3) is 10.8 Å². The Morgan fingerprint density at radius 1 is 1.21 bits per heavy atom. The zero-order chi connectivity index (χ0) is 29.1. The zero-order valence-corrected chi connectivity index (χ0v) is 25.7. The summed E-state index contributed by atoms with van der Waals surface area (Å²) in [5.41, 5.74) is -0.730. The van der Waals surface area contributed by atoms with Crippen LogP contribution in [-0.4, -0.2) is 69.2 Å². The van der Waals surface area contributed by atoms with E-state index >= 15 is 0 Å². The van der Waals surface area contributed by atoms with Gasteiger partial charge in [0.1, 0.15) is 5.60 Å². The lowest BCUT2D eigenvalue weighted by Crippen LogP contribution is -2.46. The highest BCUT2D eigenvalue weighted by atomic mass is 32.2. The highest BCUT2D eigenvalue weighted by molar-refractivity contribution is 7.89. The lowest BCUT2D eigenvalue weighted by Gasteiger charge is -2.36. The predicted octanol–water partition coefficient (Wildman–Crippen LogP) is 5.40. The van der Waals surface area contributed by atoms with Gasteiger partial charge in [0.15, 0.2) is 14.1 Å². The van der Waals surface area contributed by atoms with Crippen molar-refractivity contribution in [1.29, 1.82) is 0 Å². The molecule has 2 aromatic rings. The topological polar surface area (TPSA) is 118 Å². The van der Waals surface area contributed by atoms with E-state index in [4.69, 9.17) is 9.16 Å². The van der Waals surface area contributed by atoms with Gasteiger partial charge in [-0.15, -0.1) is 0 Å². The first-order chi connectivity index (χ1) is 17.2. The van der Waals surface area contributed by atoms with Gasteiger partial charge in [-0.05, 0) is 64.4 Å². The van der Waals surface area contributed by atoms with E-state index in [-0.39, 0.29) is 27.3 Å². The molecule has 0 aliphatic rings. The third-order valence-corrected chi connectivity index (χ3v) is 12.6. The average molecular weight is 572 g/mol. The molecule has 38 heavy (non-hydrogen) atoms. The van der Waals surface area contributed by atoms with Crippen molar-refractivity contribution < 1.29 is 31.9 Å². The first-order valence-corrected chi connectivity index (χ1v) is 17.0. The van der Waals surface area contributed by atoms with E-state index in [1.165, 1.54) is 23.1 Å². The van der Waals surface area contributed by atoms with Crippen LogP contribution in [0.3, 0.4) is 0 Å². The molecule has 0 aliphatic heterocycles. The van der Waals surface area contributed by atoms with Gasteiger partial charge in [-0.3, -0.25) is 0 Å². The lowest BCUT2D eigenvalue weighted by atomic mass is 10.1. The Morgan fingerprint density at radius 3 is 2.42 bits per heavy atom. The Kier molecular flexibility index (Phi) is 9.96. The van der Waals surface area contributed by atoms with Crippen molar-refractivity contribution in [1.82, 2.24) is 14.6 Å². The maximum Gasteiger partial charge on any atom is 0.410 e. The molecule has 2 rings (SSSR count). The molecule has 9 nitrogen and oxygen atoms in total. The number of carbonyl (C=O) groups is 1. The fourth-order valence-electron chi connectivity index (χ4n) is 3.52. The van der Waals surface area contributed by atoms with Crippen LogP contribution >= 0.6 is 0 Å². The maximum atomic E-state index is 14.6. The maximum absolute atomic E-state index is 14.6. The molecule has 0 saturated heterocycles. The number of aromatic nitrogens is 1. The molecule has 1 atom stereocenters. The Labute approximate surface area is 226 Å². The van der Waals surface area contributed by atoms with Crippen LogP contribution in [0.2, 0.25) is 18.1 Å². The first-order valence-electron chi connectivity index (χ1n) is 12.7. The predicted molar refractivity (Wildman–Crippen MR) is 149 cm³/mol. The molecule has 1 unspecified atom stereocenters. The molecule has 1 aromatic carbocycles. The summed E-state index contributed by atoms with van der Waals surface area (Å²) in [6.07, 6.45) is 0.755. The van der Waals surface area contributed by atoms with Gasteiger partial charge in [-0.2, -0.15) is 0 Å². The minimum atomic E-state index is -4.22. The van der Waals surface area contributed by atoms with Crippen LogP contribution in [0.1, 0.15) is 54.9 Å². The number of halogens is 1. The molecule has 0 bridgehead atoms. The number of sulfonamides is 1. The molecule has 0 aliphatic carbocycles. The number of fused-ring (bicyclic) bond motifs is 1. The second kappa shape index (κ2) is 11.8. The monoisotopic (exact) mass is 571 g/mol. The summed E-state index contributed by atoms with van der Waals surface area (Å²) in [5, 5.41) is 9.76. The van der Waals surface area contributed by atoms with E-state index in [1.54, 1.807) is 27.7 Å². The second-order valence-corrected chi connectivity index (χ2v) is 18.5. The van der Waals surface area contributed by atoms with Crippen LogP contribution in [0.5, 0.6) is 5.88 Å². The van der Waals surface area contributed by atoms with E-state index in [0.29, 0.717) is 19.6 Å². The summed E-state index contributed by atoms with van der Waals surface area (Å²) in [6.45, 7) is 18.4. The molecule has 1 amide bonds. The van der Waals surface area contributed by atoms with E-state index in [0.717, 1.165) is 6.20 Å². The summed E-state index contributed by atoms with van der Waals surface area (Å²) < 4.78 is 55.3. The zero-order valence-electron chi connectivity index (χ0n) is 23.9. The Morgan fingerprint density at radius 2 is 1.84 bits per heavy atom. The van der Waals surface area contributed by atoms with Crippen LogP contribution in [0.15, 0.2) is 29.3 Å². The number of carbonyl (C=O) groups excluding carboxylic acids is 1. The van der Waals surface area contributed by atoms with Gasteiger partial charge in [0.25, 0.3) is 0 Å². The molecular formula is C26H42FN3O6SSi. The highest BCUT2D eigenvalue weighted by Gasteiger charge is 2.37. The van der Waals surface area contributed by atoms with E-state index < -0.39 is 47.8 Å². The summed E-state index contributed by atoms with van der Waals surface area (Å²) in [5.74, 6) is -1.34. The molecule has 214 valence electrons. The van der Waals surface area contributed by atoms with Crippen molar-refractivity contribution in [2.24, 2.45) is 0 Å². The van der Waals surface area contributed by atoms with Gasteiger partial charge in [0, 0.05) is 36.5 Å². The number of amides is 1. The number of nitrogens with zero attached hydrogens (tertiary/aromatic N) is 2. The molecule has 1 aromatic heterocycles. The number of hydrogen-bond acceptors (Lipinski definition) is 7. The van der Waals surface area contributed by atoms with Crippen molar-refractivity contribution in [2.75, 3.05) is 19.7 Å². The number of pyridine rings is 1. The van der Waals surface area contributed by atoms with Crippen molar-refractivity contribution >= 4 is 35.2 Å². The lowest BCUT2D eigenvalue weighted by molar-refractivity contribution is 0.0230. The first kappa shape index (κ1) is 31.9. The van der Waals surface area contributed by atoms with Gasteiger partial charge < -0.3 is 19.2 Å². The van der Waals surface area contributed by atoms with Crippen LogP contribution in [-0.2, 0) is 19.2 Å². The smallest absolute Gasteiger partial charge is 0.410 e. The molecule has 0 saturated carbocycles. The fraction of sp³-hybridized carbons (Fsp3) is 0.615. The van der Waals surface area contributed by atoms with E-state index in [9.17, 15) is 22.7 Å². The van der Waals surface area contributed by atoms with Crippen LogP contribution < -0.4 is 4.72 Å². The van der Waals surface area contributed by atoms with Crippen LogP contribution in [0, 0.1) is 5.82 Å². The van der Waals surface area contributed by atoms with Gasteiger partial charge in [-0.1, -0.05) is 26.8 Å². The average Bonchev–Trinajstić information content (AvgIpc) is 2.75. The number of nitrogens with one attached hydrogen (secondary N) is 1. The summed E-state index contributed by atoms with van der Waals surface area (Å²) in [4.78, 5) is 17.6. The number of benzene rings is 1.